The molecule has 1 aliphatic rings. The van der Waals surface area contributed by atoms with Crippen LogP contribution in [0, 0.1) is 0 Å². The lowest BCUT2D eigenvalue weighted by molar-refractivity contribution is -0.110. The van der Waals surface area contributed by atoms with Crippen molar-refractivity contribution in [3.8, 4) is 0 Å². The second-order valence-corrected chi connectivity index (χ2v) is 5.46. The van der Waals surface area contributed by atoms with Crippen LogP contribution < -0.4 is 5.32 Å². The molecule has 5 heteroatoms. The molecule has 116 valence electrons. The van der Waals surface area contributed by atoms with Crippen molar-refractivity contribution in [1.29, 1.82) is 0 Å². The minimum Gasteiger partial charge on any atom is -0.459 e. The number of anilines is 1. The van der Waals surface area contributed by atoms with Gasteiger partial charge in [0, 0.05) is 5.56 Å². The summed E-state index contributed by atoms with van der Waals surface area (Å²) in [5.41, 5.74) is 2.97. The standard InChI is InChI=1S/C18H16N2O3/c1-11(2)23-18(22)12-7-9-13(10-8-12)19-16-14-5-3-4-6-15(14)20-17(16)21/h3-11H,1-2H3,(H,19,20,21). The van der Waals surface area contributed by atoms with Crippen LogP contribution in [0.3, 0.4) is 0 Å². The number of carbonyl (C=O) groups excluding carboxylic acids is 2. The number of nitrogens with zero attached hydrogens (tertiary/aromatic N) is 1. The first-order chi connectivity index (χ1) is 11.0. The summed E-state index contributed by atoms with van der Waals surface area (Å²) in [6, 6.07) is 14.1. The van der Waals surface area contributed by atoms with Crippen LogP contribution in [0.5, 0.6) is 0 Å². The monoisotopic (exact) mass is 308 g/mol. The van der Waals surface area contributed by atoms with Crippen LogP contribution in [-0.4, -0.2) is 23.7 Å². The number of esters is 1. The predicted molar refractivity (Wildman–Crippen MR) is 88.3 cm³/mol. The van der Waals surface area contributed by atoms with E-state index in [-0.39, 0.29) is 18.0 Å². The number of nitrogens with one attached hydrogen (secondary N) is 1. The SMILES string of the molecule is CC(C)OC(=O)c1ccc(N=C2C(=O)Nc3ccccc32)cc1. The van der Waals surface area contributed by atoms with Crippen molar-refractivity contribution in [2.45, 2.75) is 20.0 Å². The first-order valence-corrected chi connectivity index (χ1v) is 7.35. The van der Waals surface area contributed by atoms with Gasteiger partial charge in [-0.1, -0.05) is 18.2 Å². The van der Waals surface area contributed by atoms with Gasteiger partial charge in [-0.2, -0.15) is 0 Å². The Morgan fingerprint density at radius 1 is 1.09 bits per heavy atom. The zero-order valence-electron chi connectivity index (χ0n) is 12.9. The molecule has 5 nitrogen and oxygen atoms in total. The molecule has 0 saturated heterocycles. The number of aliphatic imine (C=N–C) groups is 1. The Bertz CT molecular complexity index is 792. The number of hydrogen-bond acceptors (Lipinski definition) is 4. The van der Waals surface area contributed by atoms with Crippen LogP contribution in [0.1, 0.15) is 29.8 Å². The summed E-state index contributed by atoms with van der Waals surface area (Å²) in [7, 11) is 0. The molecule has 1 heterocycles. The number of carbonyl (C=O) groups is 2. The largest absolute Gasteiger partial charge is 0.459 e. The summed E-state index contributed by atoms with van der Waals surface area (Å²) in [5.74, 6) is -0.599. The van der Waals surface area contributed by atoms with Gasteiger partial charge in [-0.3, -0.25) is 4.79 Å². The number of fused-ring (bicyclic) bond motifs is 1. The fraction of sp³-hybridized carbons (Fsp3) is 0.167. The Morgan fingerprint density at radius 3 is 2.48 bits per heavy atom. The Labute approximate surface area is 134 Å². The molecule has 0 unspecified atom stereocenters. The van der Waals surface area contributed by atoms with Gasteiger partial charge in [-0.05, 0) is 44.2 Å². The summed E-state index contributed by atoms with van der Waals surface area (Å²) in [6.45, 7) is 3.60. The smallest absolute Gasteiger partial charge is 0.338 e. The highest BCUT2D eigenvalue weighted by atomic mass is 16.5. The number of ether oxygens (including phenoxy) is 1. The lowest BCUT2D eigenvalue weighted by Crippen LogP contribution is -2.14. The highest BCUT2D eigenvalue weighted by Crippen LogP contribution is 2.25. The Balaban J connectivity index is 1.86. The predicted octanol–water partition coefficient (Wildman–Crippen LogP) is 3.32. The second-order valence-electron chi connectivity index (χ2n) is 5.46. The molecule has 3 rings (SSSR count). The first kappa shape index (κ1) is 15.0. The highest BCUT2D eigenvalue weighted by molar-refractivity contribution is 6.54. The number of rotatable bonds is 3. The van der Waals surface area contributed by atoms with E-state index in [1.165, 1.54) is 0 Å². The normalized spacial score (nSPS) is 14.7. The molecule has 0 spiro atoms. The molecule has 2 aromatic carbocycles. The van der Waals surface area contributed by atoms with Gasteiger partial charge in [0.05, 0.1) is 23.0 Å². The van der Waals surface area contributed by atoms with E-state index in [1.54, 1.807) is 38.1 Å². The van der Waals surface area contributed by atoms with E-state index >= 15 is 0 Å². The fourth-order valence-corrected chi connectivity index (χ4v) is 2.30. The van der Waals surface area contributed by atoms with E-state index in [4.69, 9.17) is 4.74 Å². The topological polar surface area (TPSA) is 67.8 Å². The fourth-order valence-electron chi connectivity index (χ4n) is 2.30. The average molecular weight is 308 g/mol. The van der Waals surface area contributed by atoms with Gasteiger partial charge in [0.25, 0.3) is 5.91 Å². The van der Waals surface area contributed by atoms with Crippen LogP contribution in [-0.2, 0) is 9.53 Å². The summed E-state index contributed by atoms with van der Waals surface area (Å²) in [4.78, 5) is 28.2. The third kappa shape index (κ3) is 3.13. The van der Waals surface area contributed by atoms with Crippen molar-refractivity contribution < 1.29 is 14.3 Å². The molecule has 0 fully saturated rings. The summed E-state index contributed by atoms with van der Waals surface area (Å²) in [6.07, 6.45) is -0.166. The zero-order chi connectivity index (χ0) is 16.4. The van der Waals surface area contributed by atoms with Crippen LogP contribution in [0.25, 0.3) is 0 Å². The number of benzene rings is 2. The van der Waals surface area contributed by atoms with Gasteiger partial charge in [0.1, 0.15) is 5.71 Å². The lowest BCUT2D eigenvalue weighted by Gasteiger charge is -2.07. The molecular formula is C18H16N2O3. The summed E-state index contributed by atoms with van der Waals surface area (Å²) >= 11 is 0. The van der Waals surface area contributed by atoms with E-state index in [0.29, 0.717) is 17.0 Å². The Hall–Kier alpha value is -2.95. The highest BCUT2D eigenvalue weighted by Gasteiger charge is 2.25. The van der Waals surface area contributed by atoms with Gasteiger partial charge >= 0.3 is 5.97 Å². The molecule has 23 heavy (non-hydrogen) atoms. The molecule has 0 radical (unpaired) electrons. The second kappa shape index (κ2) is 6.04. The lowest BCUT2D eigenvalue weighted by atomic mass is 10.1. The van der Waals surface area contributed by atoms with Gasteiger partial charge in [-0.15, -0.1) is 0 Å². The van der Waals surface area contributed by atoms with Crippen LogP contribution in [0.4, 0.5) is 11.4 Å². The average Bonchev–Trinajstić information content (AvgIpc) is 2.83. The maximum Gasteiger partial charge on any atom is 0.338 e. The summed E-state index contributed by atoms with van der Waals surface area (Å²) < 4.78 is 5.13. The number of hydrogen-bond donors (Lipinski definition) is 1. The van der Waals surface area contributed by atoms with E-state index in [1.807, 2.05) is 24.3 Å². The third-order valence-corrected chi connectivity index (χ3v) is 3.33. The molecule has 0 aromatic heterocycles. The number of para-hydroxylation sites is 1. The van der Waals surface area contributed by atoms with Gasteiger partial charge < -0.3 is 10.1 Å². The van der Waals surface area contributed by atoms with E-state index in [0.717, 1.165) is 11.3 Å². The van der Waals surface area contributed by atoms with Crippen molar-refractivity contribution in [2.24, 2.45) is 4.99 Å². The minimum atomic E-state index is -0.372. The minimum absolute atomic E-state index is 0.166. The van der Waals surface area contributed by atoms with E-state index in [2.05, 4.69) is 10.3 Å². The molecular weight excluding hydrogens is 292 g/mol. The van der Waals surface area contributed by atoms with Crippen molar-refractivity contribution in [3.05, 3.63) is 59.7 Å². The Morgan fingerprint density at radius 2 is 1.78 bits per heavy atom. The van der Waals surface area contributed by atoms with Crippen molar-refractivity contribution in [3.63, 3.8) is 0 Å². The van der Waals surface area contributed by atoms with Crippen LogP contribution in [0.2, 0.25) is 0 Å². The molecule has 1 aliphatic heterocycles. The molecule has 0 bridgehead atoms. The quantitative estimate of drug-likeness (QED) is 0.884. The molecule has 0 aliphatic carbocycles. The molecule has 1 amide bonds. The number of amides is 1. The maximum atomic E-state index is 12.0. The molecule has 2 aromatic rings. The van der Waals surface area contributed by atoms with Gasteiger partial charge in [-0.25, -0.2) is 9.79 Å². The van der Waals surface area contributed by atoms with Crippen molar-refractivity contribution in [1.82, 2.24) is 0 Å². The van der Waals surface area contributed by atoms with Gasteiger partial charge in [0.2, 0.25) is 0 Å². The van der Waals surface area contributed by atoms with Crippen LogP contribution >= 0.6 is 0 Å². The zero-order valence-corrected chi connectivity index (χ0v) is 12.9. The van der Waals surface area contributed by atoms with Crippen molar-refractivity contribution in [2.75, 3.05) is 5.32 Å². The molecule has 0 atom stereocenters. The molecule has 0 saturated carbocycles. The van der Waals surface area contributed by atoms with E-state index in [9.17, 15) is 9.59 Å². The Kier molecular flexibility index (Phi) is 3.93. The van der Waals surface area contributed by atoms with Crippen molar-refractivity contribution >= 4 is 29.0 Å². The third-order valence-electron chi connectivity index (χ3n) is 3.33. The maximum absolute atomic E-state index is 12.0. The van der Waals surface area contributed by atoms with Crippen LogP contribution in [0.15, 0.2) is 53.5 Å². The molecule has 1 N–H and O–H groups in total. The van der Waals surface area contributed by atoms with E-state index < -0.39 is 0 Å². The first-order valence-electron chi connectivity index (χ1n) is 7.35. The van der Waals surface area contributed by atoms with Gasteiger partial charge in [0.15, 0.2) is 0 Å². The summed E-state index contributed by atoms with van der Waals surface area (Å²) in [5, 5.41) is 2.78.